The van der Waals surface area contributed by atoms with Crippen LogP contribution in [0.4, 0.5) is 0 Å². The molecule has 0 bridgehead atoms. The molecule has 8 nitrogen and oxygen atoms in total. The molecular weight excluding hydrogens is 733 g/mol. The van der Waals surface area contributed by atoms with E-state index >= 15 is 0 Å². The average Bonchev–Trinajstić information content (AvgIpc) is 3.34. The van der Waals surface area contributed by atoms with Crippen LogP contribution in [0.15, 0.2) is 65.6 Å². The number of rotatable bonds is 13. The van der Waals surface area contributed by atoms with Crippen LogP contribution in [0.2, 0.25) is 54.4 Å². The Morgan fingerprint density at radius 2 is 1.30 bits per heavy atom. The molecule has 3 aromatic rings. The first kappa shape index (κ1) is 43.6. The highest BCUT2D eigenvalue weighted by Crippen LogP contribution is 2.46. The standard InChI is InChI=1S/C41H66N2O6SSi3/c1-39(2,3)51(10,11)46-28-33-34(48-52(12,13)40(4,5)6)35(49-53(14,15)41(7,8)9)37(47-33)43-26-31(36(50)42-38(43)44)24-30-22-19-23-32(25-30)45-27-29-20-17-16-18-21-29/h16-23,25-26,33-35,37H,24,27-28H2,1-15H3,(H,42,44,50)/t33-,34-,35-,37-/m1/s1. The Hall–Kier alpha value is -2.17. The van der Waals surface area contributed by atoms with Crippen molar-refractivity contribution in [1.29, 1.82) is 0 Å². The zero-order valence-corrected chi connectivity index (χ0v) is 38.8. The highest BCUT2D eigenvalue weighted by atomic mass is 32.1. The molecule has 2 aromatic carbocycles. The lowest BCUT2D eigenvalue weighted by atomic mass is 10.1. The lowest BCUT2D eigenvalue weighted by Gasteiger charge is -2.44. The Labute approximate surface area is 327 Å². The van der Waals surface area contributed by atoms with Crippen LogP contribution in [-0.4, -0.2) is 59.4 Å². The molecule has 0 amide bonds. The molecule has 0 aliphatic carbocycles. The van der Waals surface area contributed by atoms with Gasteiger partial charge in [0.2, 0.25) is 0 Å². The molecule has 2 heterocycles. The molecule has 0 radical (unpaired) electrons. The van der Waals surface area contributed by atoms with Crippen molar-refractivity contribution in [3.8, 4) is 5.75 Å². The van der Waals surface area contributed by atoms with E-state index in [2.05, 4.69) is 107 Å². The fraction of sp³-hybridized carbons (Fsp3) is 0.610. The normalized spacial score (nSPS) is 20.5. The molecule has 0 spiro atoms. The second-order valence-corrected chi connectivity index (χ2v) is 34.0. The van der Waals surface area contributed by atoms with E-state index in [1.165, 1.54) is 0 Å². The van der Waals surface area contributed by atoms with E-state index < -0.39 is 49.5 Å². The van der Waals surface area contributed by atoms with Gasteiger partial charge < -0.3 is 22.8 Å². The number of nitrogens with one attached hydrogen (secondary N) is 1. The van der Waals surface area contributed by atoms with E-state index in [1.54, 1.807) is 4.57 Å². The van der Waals surface area contributed by atoms with E-state index in [9.17, 15) is 4.79 Å². The summed E-state index contributed by atoms with van der Waals surface area (Å²) < 4.78 is 36.6. The summed E-state index contributed by atoms with van der Waals surface area (Å²) in [6.45, 7) is 34.5. The predicted octanol–water partition coefficient (Wildman–Crippen LogP) is 10.8. The fourth-order valence-corrected chi connectivity index (χ4v) is 9.25. The number of aromatic nitrogens is 2. The van der Waals surface area contributed by atoms with Gasteiger partial charge in [0.25, 0.3) is 0 Å². The van der Waals surface area contributed by atoms with Gasteiger partial charge in [-0.1, -0.05) is 117 Å². The third-order valence-electron chi connectivity index (χ3n) is 12.0. The Morgan fingerprint density at radius 3 is 1.87 bits per heavy atom. The van der Waals surface area contributed by atoms with E-state index in [0.717, 1.165) is 22.4 Å². The molecule has 0 saturated carbocycles. The largest absolute Gasteiger partial charge is 0.489 e. The van der Waals surface area contributed by atoms with E-state index in [0.29, 0.717) is 24.3 Å². The first-order valence-electron chi connectivity index (χ1n) is 19.0. The summed E-state index contributed by atoms with van der Waals surface area (Å²) in [5.74, 6) is 0.770. The van der Waals surface area contributed by atoms with E-state index in [1.807, 2.05) is 60.8 Å². The average molecular weight is 799 g/mol. The first-order valence-corrected chi connectivity index (χ1v) is 28.1. The number of hydrogen-bond acceptors (Lipinski definition) is 7. The summed E-state index contributed by atoms with van der Waals surface area (Å²) in [5, 5.41) is -0.129. The third kappa shape index (κ3) is 10.6. The number of H-pyrrole nitrogens is 1. The Kier molecular flexibility index (Phi) is 13.3. The molecule has 1 aromatic heterocycles. The van der Waals surface area contributed by atoms with Crippen molar-refractivity contribution in [2.75, 3.05) is 6.61 Å². The van der Waals surface area contributed by atoms with Crippen molar-refractivity contribution in [2.24, 2.45) is 0 Å². The van der Waals surface area contributed by atoms with Gasteiger partial charge in [0.05, 0.1) is 6.61 Å². The predicted molar refractivity (Wildman–Crippen MR) is 227 cm³/mol. The third-order valence-corrected chi connectivity index (χ3v) is 25.8. The van der Waals surface area contributed by atoms with Gasteiger partial charge in [0.15, 0.2) is 31.2 Å². The molecule has 1 saturated heterocycles. The SMILES string of the molecule is CC(C)(C)[Si](C)(C)OC[C@H]1O[C@@H](n2cc(Cc3cccc(OCc4ccccc4)c3)c(=S)[nH]c2=O)[C@H](O[Si](C)(C)C(C)(C)C)[C@@H]1O[Si](C)(C)C(C)(C)C. The Bertz CT molecular complexity index is 1810. The molecule has 1 aliphatic heterocycles. The maximum Gasteiger partial charge on any atom is 0.328 e. The van der Waals surface area contributed by atoms with E-state index in [4.69, 9.17) is 35.0 Å². The van der Waals surface area contributed by atoms with Crippen molar-refractivity contribution >= 4 is 37.2 Å². The topological polar surface area (TPSA) is 83.9 Å². The highest BCUT2D eigenvalue weighted by Gasteiger charge is 2.55. The van der Waals surface area contributed by atoms with Crippen LogP contribution in [0, 0.1) is 4.64 Å². The molecular formula is C41H66N2O6SSi3. The first-order chi connectivity index (χ1) is 24.2. The van der Waals surface area contributed by atoms with Gasteiger partial charge in [-0.05, 0) is 77.7 Å². The molecule has 0 unspecified atom stereocenters. The summed E-state index contributed by atoms with van der Waals surface area (Å²) >= 11 is 5.76. The maximum absolute atomic E-state index is 14.0. The lowest BCUT2D eigenvalue weighted by molar-refractivity contribution is -0.0510. The number of ether oxygens (including phenoxy) is 2. The van der Waals surface area contributed by atoms with Gasteiger partial charge in [0.1, 0.15) is 35.3 Å². The minimum atomic E-state index is -2.41. The van der Waals surface area contributed by atoms with Gasteiger partial charge >= 0.3 is 5.69 Å². The fourth-order valence-electron chi connectivity index (χ4n) is 5.42. The van der Waals surface area contributed by atoms with Gasteiger partial charge in [-0.3, -0.25) is 9.55 Å². The summed E-state index contributed by atoms with van der Waals surface area (Å²) in [7, 11) is -6.91. The summed E-state index contributed by atoms with van der Waals surface area (Å²) in [6, 6.07) is 18.1. The summed E-state index contributed by atoms with van der Waals surface area (Å²) in [5.41, 5.74) is 2.57. The van der Waals surface area contributed by atoms with Gasteiger partial charge in [-0.15, -0.1) is 0 Å². The molecule has 4 rings (SSSR count). The van der Waals surface area contributed by atoms with Gasteiger partial charge in [-0.2, -0.15) is 0 Å². The van der Waals surface area contributed by atoms with Crippen molar-refractivity contribution in [3.63, 3.8) is 0 Å². The van der Waals surface area contributed by atoms with Crippen LogP contribution < -0.4 is 10.4 Å². The van der Waals surface area contributed by atoms with E-state index in [-0.39, 0.29) is 20.8 Å². The van der Waals surface area contributed by atoms with Crippen LogP contribution in [-0.2, 0) is 31.0 Å². The molecule has 53 heavy (non-hydrogen) atoms. The Balaban J connectivity index is 1.77. The second kappa shape index (κ2) is 16.1. The smallest absolute Gasteiger partial charge is 0.328 e. The Morgan fingerprint density at radius 1 is 0.755 bits per heavy atom. The van der Waals surface area contributed by atoms with Crippen molar-refractivity contribution in [1.82, 2.24) is 9.55 Å². The monoisotopic (exact) mass is 798 g/mol. The quantitative estimate of drug-likeness (QED) is 0.136. The van der Waals surface area contributed by atoms with Crippen molar-refractivity contribution < 1.29 is 22.8 Å². The van der Waals surface area contributed by atoms with Crippen LogP contribution in [0.5, 0.6) is 5.75 Å². The summed E-state index contributed by atoms with van der Waals surface area (Å²) in [6.07, 6.45) is 0.145. The maximum atomic E-state index is 14.0. The number of nitrogens with zero attached hydrogens (tertiary/aromatic N) is 1. The molecule has 1 aliphatic rings. The minimum Gasteiger partial charge on any atom is -0.489 e. The molecule has 294 valence electrons. The zero-order chi connectivity index (χ0) is 39.8. The van der Waals surface area contributed by atoms with Crippen LogP contribution >= 0.6 is 12.2 Å². The lowest BCUT2D eigenvalue weighted by Crippen LogP contribution is -2.54. The molecule has 12 heteroatoms. The summed E-state index contributed by atoms with van der Waals surface area (Å²) in [4.78, 5) is 16.9. The number of benzene rings is 2. The number of aromatic amines is 1. The minimum absolute atomic E-state index is 0.0157. The number of hydrogen-bond donors (Lipinski definition) is 1. The van der Waals surface area contributed by atoms with Crippen LogP contribution in [0.1, 0.15) is 85.2 Å². The molecule has 1 N–H and O–H groups in total. The highest BCUT2D eigenvalue weighted by molar-refractivity contribution is 7.71. The second-order valence-electron chi connectivity index (χ2n) is 19.2. The van der Waals surface area contributed by atoms with Crippen molar-refractivity contribution in [2.45, 2.75) is 154 Å². The van der Waals surface area contributed by atoms with Crippen LogP contribution in [0.3, 0.4) is 0 Å². The van der Waals surface area contributed by atoms with Crippen molar-refractivity contribution in [3.05, 3.63) is 92.6 Å². The zero-order valence-electron chi connectivity index (χ0n) is 35.0. The molecule has 1 fully saturated rings. The van der Waals surface area contributed by atoms with Crippen LogP contribution in [0.25, 0.3) is 0 Å². The molecule has 4 atom stereocenters. The van der Waals surface area contributed by atoms with Gasteiger partial charge in [-0.25, -0.2) is 4.79 Å². The van der Waals surface area contributed by atoms with Gasteiger partial charge in [0, 0.05) is 18.2 Å².